The molecule has 0 aliphatic heterocycles. The highest BCUT2D eigenvalue weighted by atomic mass is 32.2. The van der Waals surface area contributed by atoms with E-state index in [1.807, 2.05) is 30.3 Å². The van der Waals surface area contributed by atoms with Crippen molar-refractivity contribution in [3.63, 3.8) is 0 Å². The van der Waals surface area contributed by atoms with E-state index in [1.54, 1.807) is 19.1 Å². The number of anilines is 1. The van der Waals surface area contributed by atoms with E-state index in [0.29, 0.717) is 23.0 Å². The standard InChI is InChI=1S/C21H21N3O4S/c1-14-19(23-21(28-14)15-5-3-2-4-6-15)13-20(25)22-16-9-11-18(12-10-16)29(26,27)24-17-7-8-17/h2-6,9-12,17,24H,7-8,13H2,1H3,(H,22,25). The van der Waals surface area contributed by atoms with Crippen molar-refractivity contribution in [3.8, 4) is 11.5 Å². The number of amides is 1. The van der Waals surface area contributed by atoms with Crippen molar-refractivity contribution in [2.24, 2.45) is 0 Å². The van der Waals surface area contributed by atoms with Crippen LogP contribution < -0.4 is 10.0 Å². The summed E-state index contributed by atoms with van der Waals surface area (Å²) in [4.78, 5) is 17.0. The molecule has 0 saturated heterocycles. The van der Waals surface area contributed by atoms with Gasteiger partial charge in [-0.1, -0.05) is 18.2 Å². The Bertz CT molecular complexity index is 1120. The molecule has 0 bridgehead atoms. The Morgan fingerprint density at radius 2 is 1.79 bits per heavy atom. The molecule has 1 fully saturated rings. The SMILES string of the molecule is Cc1oc(-c2ccccc2)nc1CC(=O)Nc1ccc(S(=O)(=O)NC2CC2)cc1. The van der Waals surface area contributed by atoms with E-state index in [2.05, 4.69) is 15.0 Å². The molecule has 4 rings (SSSR count). The number of nitrogens with one attached hydrogen (secondary N) is 2. The fourth-order valence-corrected chi connectivity index (χ4v) is 4.16. The third-order valence-corrected chi connectivity index (χ3v) is 6.13. The minimum absolute atomic E-state index is 0.0471. The minimum atomic E-state index is -3.51. The number of rotatable bonds is 7. The lowest BCUT2D eigenvalue weighted by atomic mass is 10.2. The van der Waals surface area contributed by atoms with E-state index >= 15 is 0 Å². The van der Waals surface area contributed by atoms with Gasteiger partial charge in [0.1, 0.15) is 5.76 Å². The van der Waals surface area contributed by atoms with Crippen LogP contribution in [0.3, 0.4) is 0 Å². The number of nitrogens with zero attached hydrogens (tertiary/aromatic N) is 1. The Kier molecular flexibility index (Phi) is 5.21. The van der Waals surface area contributed by atoms with Crippen molar-refractivity contribution in [3.05, 3.63) is 66.1 Å². The Hall–Kier alpha value is -2.97. The Balaban J connectivity index is 1.40. The van der Waals surface area contributed by atoms with Crippen LogP contribution in [-0.2, 0) is 21.2 Å². The summed E-state index contributed by atoms with van der Waals surface area (Å²) < 4.78 is 32.7. The Morgan fingerprint density at radius 1 is 1.10 bits per heavy atom. The quantitative estimate of drug-likeness (QED) is 0.621. The van der Waals surface area contributed by atoms with Crippen LogP contribution in [-0.4, -0.2) is 25.4 Å². The van der Waals surface area contributed by atoms with E-state index in [0.717, 1.165) is 18.4 Å². The molecule has 2 N–H and O–H groups in total. The highest BCUT2D eigenvalue weighted by Crippen LogP contribution is 2.24. The molecule has 8 heteroatoms. The monoisotopic (exact) mass is 411 g/mol. The van der Waals surface area contributed by atoms with Gasteiger partial charge in [-0.25, -0.2) is 18.1 Å². The first-order valence-corrected chi connectivity index (χ1v) is 10.8. The summed E-state index contributed by atoms with van der Waals surface area (Å²) in [5.41, 5.74) is 1.93. The van der Waals surface area contributed by atoms with Crippen LogP contribution in [0.25, 0.3) is 11.5 Å². The number of sulfonamides is 1. The van der Waals surface area contributed by atoms with Crippen LogP contribution in [0, 0.1) is 6.92 Å². The highest BCUT2D eigenvalue weighted by molar-refractivity contribution is 7.89. The van der Waals surface area contributed by atoms with Gasteiger partial charge in [-0.3, -0.25) is 4.79 Å². The van der Waals surface area contributed by atoms with Gasteiger partial charge in [-0.2, -0.15) is 0 Å². The number of carbonyl (C=O) groups excluding carboxylic acids is 1. The van der Waals surface area contributed by atoms with Crippen LogP contribution in [0.4, 0.5) is 5.69 Å². The molecule has 0 atom stereocenters. The molecule has 1 saturated carbocycles. The third-order valence-electron chi connectivity index (χ3n) is 4.59. The predicted octanol–water partition coefficient (Wildman–Crippen LogP) is 3.27. The van der Waals surface area contributed by atoms with Crippen molar-refractivity contribution < 1.29 is 17.6 Å². The molecule has 2 aromatic carbocycles. The van der Waals surface area contributed by atoms with E-state index in [1.165, 1.54) is 12.1 Å². The van der Waals surface area contributed by atoms with Gasteiger partial charge in [-0.05, 0) is 56.2 Å². The molecule has 1 aliphatic carbocycles. The van der Waals surface area contributed by atoms with Crippen molar-refractivity contribution in [2.75, 3.05) is 5.32 Å². The Morgan fingerprint density at radius 3 is 2.45 bits per heavy atom. The lowest BCUT2D eigenvalue weighted by Crippen LogP contribution is -2.25. The van der Waals surface area contributed by atoms with Gasteiger partial charge in [-0.15, -0.1) is 0 Å². The fourth-order valence-electron chi connectivity index (χ4n) is 2.86. The van der Waals surface area contributed by atoms with E-state index in [-0.39, 0.29) is 23.3 Å². The summed E-state index contributed by atoms with van der Waals surface area (Å²) in [6, 6.07) is 15.6. The minimum Gasteiger partial charge on any atom is -0.441 e. The van der Waals surface area contributed by atoms with Gasteiger partial charge in [0.2, 0.25) is 21.8 Å². The number of oxazole rings is 1. The van der Waals surface area contributed by atoms with Crippen molar-refractivity contribution in [2.45, 2.75) is 37.1 Å². The first-order valence-electron chi connectivity index (χ1n) is 9.35. The van der Waals surface area contributed by atoms with Crippen LogP contribution in [0.15, 0.2) is 63.9 Å². The zero-order chi connectivity index (χ0) is 20.4. The molecule has 0 radical (unpaired) electrons. The van der Waals surface area contributed by atoms with Gasteiger partial charge < -0.3 is 9.73 Å². The molecule has 150 valence electrons. The second-order valence-corrected chi connectivity index (χ2v) is 8.75. The van der Waals surface area contributed by atoms with Crippen LogP contribution in [0.5, 0.6) is 0 Å². The Labute approximate surface area is 169 Å². The smallest absolute Gasteiger partial charge is 0.240 e. The molecular weight excluding hydrogens is 390 g/mol. The molecule has 29 heavy (non-hydrogen) atoms. The molecule has 1 amide bonds. The second-order valence-electron chi connectivity index (χ2n) is 7.03. The predicted molar refractivity (Wildman–Crippen MR) is 109 cm³/mol. The number of hydrogen-bond acceptors (Lipinski definition) is 5. The summed E-state index contributed by atoms with van der Waals surface area (Å²) in [6.07, 6.45) is 1.81. The molecule has 1 heterocycles. The lowest BCUT2D eigenvalue weighted by Gasteiger charge is -2.08. The van der Waals surface area contributed by atoms with E-state index < -0.39 is 10.0 Å². The van der Waals surface area contributed by atoms with Crippen LogP contribution in [0.1, 0.15) is 24.3 Å². The molecule has 7 nitrogen and oxygen atoms in total. The molecule has 0 unspecified atom stereocenters. The number of carbonyl (C=O) groups is 1. The highest BCUT2D eigenvalue weighted by Gasteiger charge is 2.27. The largest absolute Gasteiger partial charge is 0.441 e. The first-order chi connectivity index (χ1) is 13.9. The fraction of sp³-hybridized carbons (Fsp3) is 0.238. The average molecular weight is 411 g/mol. The summed E-state index contributed by atoms with van der Waals surface area (Å²) in [5.74, 6) is 0.808. The van der Waals surface area contributed by atoms with Crippen molar-refractivity contribution >= 4 is 21.6 Å². The lowest BCUT2D eigenvalue weighted by molar-refractivity contribution is -0.115. The summed E-state index contributed by atoms with van der Waals surface area (Å²) in [5, 5.41) is 2.76. The summed E-state index contributed by atoms with van der Waals surface area (Å²) >= 11 is 0. The maximum absolute atomic E-state index is 12.4. The maximum Gasteiger partial charge on any atom is 0.240 e. The van der Waals surface area contributed by atoms with Crippen LogP contribution in [0.2, 0.25) is 0 Å². The number of aryl methyl sites for hydroxylation is 1. The summed E-state index contributed by atoms with van der Waals surface area (Å²) in [6.45, 7) is 1.77. The zero-order valence-electron chi connectivity index (χ0n) is 15.9. The van der Waals surface area contributed by atoms with Crippen LogP contribution >= 0.6 is 0 Å². The zero-order valence-corrected chi connectivity index (χ0v) is 16.7. The molecular formula is C21H21N3O4S. The maximum atomic E-state index is 12.4. The van der Waals surface area contributed by atoms with E-state index in [9.17, 15) is 13.2 Å². The number of benzene rings is 2. The van der Waals surface area contributed by atoms with Gasteiger partial charge in [0.25, 0.3) is 0 Å². The number of aromatic nitrogens is 1. The average Bonchev–Trinajstić information content (AvgIpc) is 3.43. The van der Waals surface area contributed by atoms with Gasteiger partial charge in [0.05, 0.1) is 17.0 Å². The first kappa shape index (κ1) is 19.4. The molecule has 3 aromatic rings. The third kappa shape index (κ3) is 4.72. The summed E-state index contributed by atoms with van der Waals surface area (Å²) in [7, 11) is -3.51. The number of hydrogen-bond donors (Lipinski definition) is 2. The van der Waals surface area contributed by atoms with Gasteiger partial charge >= 0.3 is 0 Å². The van der Waals surface area contributed by atoms with Crippen molar-refractivity contribution in [1.29, 1.82) is 0 Å². The van der Waals surface area contributed by atoms with E-state index in [4.69, 9.17) is 4.42 Å². The van der Waals surface area contributed by atoms with Crippen molar-refractivity contribution in [1.82, 2.24) is 9.71 Å². The molecule has 1 aliphatic rings. The normalized spacial score (nSPS) is 14.0. The van der Waals surface area contributed by atoms with Gasteiger partial charge in [0.15, 0.2) is 0 Å². The topological polar surface area (TPSA) is 101 Å². The second kappa shape index (κ2) is 7.81. The van der Waals surface area contributed by atoms with Gasteiger partial charge in [0, 0.05) is 17.3 Å². The molecule has 0 spiro atoms. The molecule has 1 aromatic heterocycles.